The Labute approximate surface area is 235 Å². The fourth-order valence-electron chi connectivity index (χ4n) is 3.80. The minimum absolute atomic E-state index is 0.0767. The lowest BCUT2D eigenvalue weighted by Crippen LogP contribution is -2.52. The number of halogens is 1. The number of carbonyl (C=O) groups excluding carboxylic acids is 2. The molecule has 0 saturated carbocycles. The van der Waals surface area contributed by atoms with Gasteiger partial charge in [-0.15, -0.1) is 0 Å². The second kappa shape index (κ2) is 13.5. The lowest BCUT2D eigenvalue weighted by Gasteiger charge is -2.32. The molecule has 0 aliphatic rings. The van der Waals surface area contributed by atoms with E-state index in [-0.39, 0.29) is 18.5 Å². The van der Waals surface area contributed by atoms with Gasteiger partial charge in [0, 0.05) is 17.6 Å². The minimum Gasteiger partial charge on any atom is -0.457 e. The van der Waals surface area contributed by atoms with E-state index < -0.39 is 28.5 Å². The third-order valence-corrected chi connectivity index (χ3v) is 7.57. The van der Waals surface area contributed by atoms with E-state index >= 15 is 0 Å². The van der Waals surface area contributed by atoms with E-state index in [0.29, 0.717) is 27.8 Å². The second-order valence-electron chi connectivity index (χ2n) is 9.32. The summed E-state index contributed by atoms with van der Waals surface area (Å²) in [5.74, 6) is 0.300. The van der Waals surface area contributed by atoms with Crippen molar-refractivity contribution in [3.63, 3.8) is 0 Å². The number of benzene rings is 3. The highest BCUT2D eigenvalue weighted by Crippen LogP contribution is 2.26. The zero-order valence-electron chi connectivity index (χ0n) is 22.5. The molecule has 1 N–H and O–H groups in total. The maximum atomic E-state index is 13.7. The quantitative estimate of drug-likeness (QED) is 0.321. The molecular formula is C29H34ClN3O5S. The maximum absolute atomic E-state index is 13.7. The van der Waals surface area contributed by atoms with Crippen LogP contribution in [0.2, 0.25) is 5.02 Å². The average molecular weight is 572 g/mol. The van der Waals surface area contributed by atoms with E-state index in [1.165, 1.54) is 4.90 Å². The van der Waals surface area contributed by atoms with Gasteiger partial charge in [-0.25, -0.2) is 8.42 Å². The Morgan fingerprint density at radius 3 is 2.18 bits per heavy atom. The number of anilines is 1. The highest BCUT2D eigenvalue weighted by Gasteiger charge is 2.30. The van der Waals surface area contributed by atoms with Crippen LogP contribution in [0.1, 0.15) is 32.8 Å². The van der Waals surface area contributed by atoms with Gasteiger partial charge in [0.25, 0.3) is 0 Å². The molecule has 2 atom stereocenters. The van der Waals surface area contributed by atoms with Crippen LogP contribution in [-0.2, 0) is 26.2 Å². The molecule has 10 heteroatoms. The first kappa shape index (κ1) is 30.0. The Kier molecular flexibility index (Phi) is 10.4. The van der Waals surface area contributed by atoms with Crippen molar-refractivity contribution in [1.82, 2.24) is 10.2 Å². The first-order valence-corrected chi connectivity index (χ1v) is 14.9. The van der Waals surface area contributed by atoms with Gasteiger partial charge in [-0.3, -0.25) is 13.9 Å². The number of nitrogens with zero attached hydrogens (tertiary/aromatic N) is 2. The van der Waals surface area contributed by atoms with E-state index in [0.717, 1.165) is 17.0 Å². The number of hydrogen-bond donors (Lipinski definition) is 1. The third-order valence-electron chi connectivity index (χ3n) is 6.19. The summed E-state index contributed by atoms with van der Waals surface area (Å²) in [6.45, 7) is 5.05. The second-order valence-corrected chi connectivity index (χ2v) is 11.7. The molecule has 0 aliphatic carbocycles. The largest absolute Gasteiger partial charge is 0.457 e. The molecule has 39 heavy (non-hydrogen) atoms. The Bertz CT molecular complexity index is 1370. The molecule has 0 heterocycles. The fourth-order valence-corrected chi connectivity index (χ4v) is 4.86. The van der Waals surface area contributed by atoms with Gasteiger partial charge >= 0.3 is 0 Å². The van der Waals surface area contributed by atoms with Crippen LogP contribution in [-0.4, -0.2) is 50.0 Å². The van der Waals surface area contributed by atoms with Crippen molar-refractivity contribution in [3.05, 3.63) is 89.4 Å². The normalized spacial score (nSPS) is 12.7. The van der Waals surface area contributed by atoms with Crippen LogP contribution in [0.4, 0.5) is 5.69 Å². The van der Waals surface area contributed by atoms with Gasteiger partial charge in [0.2, 0.25) is 21.8 Å². The number of ether oxygens (including phenoxy) is 1. The molecule has 2 amide bonds. The van der Waals surface area contributed by atoms with E-state index in [1.54, 1.807) is 55.5 Å². The van der Waals surface area contributed by atoms with E-state index in [9.17, 15) is 18.0 Å². The molecule has 0 unspecified atom stereocenters. The van der Waals surface area contributed by atoms with Crippen LogP contribution in [0.3, 0.4) is 0 Å². The van der Waals surface area contributed by atoms with Crippen LogP contribution in [0.25, 0.3) is 0 Å². The molecule has 0 aliphatic heterocycles. The van der Waals surface area contributed by atoms with Crippen molar-refractivity contribution < 1.29 is 22.7 Å². The number of rotatable bonds is 12. The number of carbonyl (C=O) groups is 2. The van der Waals surface area contributed by atoms with Gasteiger partial charge < -0.3 is 15.0 Å². The van der Waals surface area contributed by atoms with Crippen molar-refractivity contribution in [2.24, 2.45) is 0 Å². The van der Waals surface area contributed by atoms with E-state index in [1.807, 2.05) is 44.2 Å². The first-order chi connectivity index (χ1) is 18.5. The number of hydrogen-bond acceptors (Lipinski definition) is 5. The third kappa shape index (κ3) is 8.73. The van der Waals surface area contributed by atoms with Crippen molar-refractivity contribution in [3.8, 4) is 11.5 Å². The van der Waals surface area contributed by atoms with E-state index in [2.05, 4.69) is 5.32 Å². The van der Waals surface area contributed by atoms with Gasteiger partial charge in [0.15, 0.2) is 0 Å². The minimum atomic E-state index is -3.84. The molecule has 0 spiro atoms. The van der Waals surface area contributed by atoms with Gasteiger partial charge in [0.1, 0.15) is 24.1 Å². The van der Waals surface area contributed by atoms with Crippen LogP contribution >= 0.6 is 11.6 Å². The molecule has 208 valence electrons. The van der Waals surface area contributed by atoms with Crippen molar-refractivity contribution >= 4 is 39.1 Å². The summed E-state index contributed by atoms with van der Waals surface area (Å²) in [7, 11) is -3.84. The van der Waals surface area contributed by atoms with Crippen LogP contribution in [0.15, 0.2) is 78.9 Å². The molecular weight excluding hydrogens is 538 g/mol. The van der Waals surface area contributed by atoms with Crippen molar-refractivity contribution in [2.45, 2.75) is 45.8 Å². The summed E-state index contributed by atoms with van der Waals surface area (Å²) in [5.41, 5.74) is 1.01. The van der Waals surface area contributed by atoms with Gasteiger partial charge in [-0.2, -0.15) is 0 Å². The predicted octanol–water partition coefficient (Wildman–Crippen LogP) is 5.23. The maximum Gasteiger partial charge on any atom is 0.244 e. The molecule has 8 nitrogen and oxygen atoms in total. The van der Waals surface area contributed by atoms with E-state index in [4.69, 9.17) is 16.3 Å². The summed E-state index contributed by atoms with van der Waals surface area (Å²) >= 11 is 6.15. The van der Waals surface area contributed by atoms with Crippen LogP contribution in [0.5, 0.6) is 11.5 Å². The first-order valence-electron chi connectivity index (χ1n) is 12.6. The number of amides is 2. The van der Waals surface area contributed by atoms with Crippen LogP contribution in [0, 0.1) is 0 Å². The van der Waals surface area contributed by atoms with Gasteiger partial charge in [-0.05, 0) is 74.4 Å². The van der Waals surface area contributed by atoms with Crippen LogP contribution < -0.4 is 14.4 Å². The SMILES string of the molecule is CC[C@@H](C)NC(=O)[C@@H](C)N(Cc1cccc(Cl)c1)C(=O)CN(c1ccc(Oc2ccccc2)cc1)S(C)(=O)=O. The molecule has 0 fully saturated rings. The summed E-state index contributed by atoms with van der Waals surface area (Å²) in [4.78, 5) is 28.0. The predicted molar refractivity (Wildman–Crippen MR) is 155 cm³/mol. The topological polar surface area (TPSA) is 96.0 Å². The molecule has 0 radical (unpaired) electrons. The lowest BCUT2D eigenvalue weighted by molar-refractivity contribution is -0.139. The van der Waals surface area contributed by atoms with Crippen molar-refractivity contribution in [2.75, 3.05) is 17.1 Å². The average Bonchev–Trinajstić information content (AvgIpc) is 2.90. The molecule has 3 aromatic rings. The Balaban J connectivity index is 1.86. The summed E-state index contributed by atoms with van der Waals surface area (Å²) < 4.78 is 32.4. The Morgan fingerprint density at radius 1 is 0.949 bits per heavy atom. The monoisotopic (exact) mass is 571 g/mol. The van der Waals surface area contributed by atoms with Crippen molar-refractivity contribution in [1.29, 1.82) is 0 Å². The molecule has 0 aromatic heterocycles. The lowest BCUT2D eigenvalue weighted by atomic mass is 10.1. The number of para-hydroxylation sites is 1. The number of sulfonamides is 1. The summed E-state index contributed by atoms with van der Waals surface area (Å²) in [6.07, 6.45) is 1.77. The highest BCUT2D eigenvalue weighted by atomic mass is 35.5. The standard InChI is InChI=1S/C29H34ClN3O5S/c1-5-21(2)31-29(35)22(3)32(19-23-10-9-11-24(30)18-23)28(34)20-33(39(4,36)37)25-14-16-27(17-15-25)38-26-12-7-6-8-13-26/h6-18,21-22H,5,19-20H2,1-4H3,(H,31,35)/t21-,22-/m1/s1. The highest BCUT2D eigenvalue weighted by molar-refractivity contribution is 7.92. The summed E-state index contributed by atoms with van der Waals surface area (Å²) in [5, 5.41) is 3.39. The zero-order chi connectivity index (χ0) is 28.6. The van der Waals surface area contributed by atoms with Gasteiger partial charge in [-0.1, -0.05) is 48.9 Å². The molecule has 0 bridgehead atoms. The van der Waals surface area contributed by atoms with Gasteiger partial charge in [0.05, 0.1) is 11.9 Å². The zero-order valence-corrected chi connectivity index (χ0v) is 24.1. The Hall–Kier alpha value is -3.56. The fraction of sp³-hybridized carbons (Fsp3) is 0.310. The molecule has 0 saturated heterocycles. The Morgan fingerprint density at radius 2 is 1.59 bits per heavy atom. The molecule has 3 aromatic carbocycles. The summed E-state index contributed by atoms with van der Waals surface area (Å²) in [6, 6.07) is 21.7. The molecule has 3 rings (SSSR count). The smallest absolute Gasteiger partial charge is 0.244 e. The number of nitrogens with one attached hydrogen (secondary N) is 1.